The van der Waals surface area contributed by atoms with Crippen molar-refractivity contribution in [1.82, 2.24) is 10.2 Å². The zero-order valence-electron chi connectivity index (χ0n) is 13.4. The fourth-order valence-electron chi connectivity index (χ4n) is 3.17. The summed E-state index contributed by atoms with van der Waals surface area (Å²) >= 11 is 0. The van der Waals surface area contributed by atoms with Crippen LogP contribution in [0.5, 0.6) is 11.5 Å². The lowest BCUT2D eigenvalue weighted by Gasteiger charge is -2.37. The van der Waals surface area contributed by atoms with Gasteiger partial charge >= 0.3 is 0 Å². The molecule has 5 nitrogen and oxygen atoms in total. The van der Waals surface area contributed by atoms with Crippen molar-refractivity contribution >= 4 is 5.91 Å². The highest BCUT2D eigenvalue weighted by molar-refractivity contribution is 5.86. The first-order chi connectivity index (χ1) is 10.6. The first kappa shape index (κ1) is 15.2. The van der Waals surface area contributed by atoms with Crippen molar-refractivity contribution in [2.24, 2.45) is 0 Å². The smallest absolute Gasteiger partial charge is 0.242 e. The first-order valence-electron chi connectivity index (χ1n) is 8.05. The van der Waals surface area contributed by atoms with Gasteiger partial charge in [-0.3, -0.25) is 4.79 Å². The SMILES string of the molecule is CCN(Cc1ccc2c(c1)OCO2)C(=O)C1(C)CCCCN1. The van der Waals surface area contributed by atoms with Crippen LogP contribution in [0.25, 0.3) is 0 Å². The van der Waals surface area contributed by atoms with Crippen molar-refractivity contribution in [3.8, 4) is 11.5 Å². The number of nitrogens with zero attached hydrogens (tertiary/aromatic N) is 1. The molecule has 1 amide bonds. The Kier molecular flexibility index (Phi) is 4.25. The van der Waals surface area contributed by atoms with E-state index in [-0.39, 0.29) is 12.7 Å². The Morgan fingerprint density at radius 1 is 1.32 bits per heavy atom. The highest BCUT2D eigenvalue weighted by Gasteiger charge is 2.37. The molecule has 120 valence electrons. The summed E-state index contributed by atoms with van der Waals surface area (Å²) < 4.78 is 10.7. The molecule has 1 unspecified atom stereocenters. The zero-order valence-corrected chi connectivity index (χ0v) is 13.4. The van der Waals surface area contributed by atoms with Gasteiger partial charge in [-0.05, 0) is 57.4 Å². The lowest BCUT2D eigenvalue weighted by atomic mass is 9.89. The van der Waals surface area contributed by atoms with Crippen LogP contribution in [-0.4, -0.2) is 36.2 Å². The molecule has 0 aromatic heterocycles. The van der Waals surface area contributed by atoms with E-state index in [9.17, 15) is 4.79 Å². The van der Waals surface area contributed by atoms with Gasteiger partial charge in [0, 0.05) is 13.1 Å². The average Bonchev–Trinajstić information content (AvgIpc) is 3.00. The van der Waals surface area contributed by atoms with Crippen molar-refractivity contribution in [1.29, 1.82) is 0 Å². The fourth-order valence-corrected chi connectivity index (χ4v) is 3.17. The summed E-state index contributed by atoms with van der Waals surface area (Å²) in [5.41, 5.74) is 0.642. The zero-order chi connectivity index (χ0) is 15.6. The van der Waals surface area contributed by atoms with Gasteiger partial charge in [0.1, 0.15) is 0 Å². The molecule has 0 bridgehead atoms. The molecule has 1 N–H and O–H groups in total. The van der Waals surface area contributed by atoms with Gasteiger partial charge in [-0.15, -0.1) is 0 Å². The highest BCUT2D eigenvalue weighted by atomic mass is 16.7. The molecule has 0 spiro atoms. The summed E-state index contributed by atoms with van der Waals surface area (Å²) in [6.45, 7) is 6.54. The predicted molar refractivity (Wildman–Crippen MR) is 83.9 cm³/mol. The van der Waals surface area contributed by atoms with E-state index in [2.05, 4.69) is 5.32 Å². The van der Waals surface area contributed by atoms with Crippen molar-refractivity contribution in [3.63, 3.8) is 0 Å². The van der Waals surface area contributed by atoms with Crippen molar-refractivity contribution in [3.05, 3.63) is 23.8 Å². The molecule has 22 heavy (non-hydrogen) atoms. The largest absolute Gasteiger partial charge is 0.454 e. The monoisotopic (exact) mass is 304 g/mol. The molecule has 1 saturated heterocycles. The lowest BCUT2D eigenvalue weighted by molar-refractivity contribution is -0.139. The number of rotatable bonds is 4. The van der Waals surface area contributed by atoms with Gasteiger partial charge in [0.05, 0.1) is 5.54 Å². The van der Waals surface area contributed by atoms with E-state index >= 15 is 0 Å². The quantitative estimate of drug-likeness (QED) is 0.927. The molecule has 2 aliphatic rings. The minimum absolute atomic E-state index is 0.187. The van der Waals surface area contributed by atoms with Gasteiger partial charge in [0.15, 0.2) is 11.5 Å². The molecule has 1 aromatic carbocycles. The van der Waals surface area contributed by atoms with E-state index in [1.807, 2.05) is 36.9 Å². The van der Waals surface area contributed by atoms with Crippen LogP contribution in [0, 0.1) is 0 Å². The molecule has 1 atom stereocenters. The summed E-state index contributed by atoms with van der Waals surface area (Å²) in [7, 11) is 0. The number of benzene rings is 1. The Balaban J connectivity index is 1.72. The van der Waals surface area contributed by atoms with Crippen LogP contribution in [0.15, 0.2) is 18.2 Å². The summed E-state index contributed by atoms with van der Waals surface area (Å²) in [5, 5.41) is 3.40. The van der Waals surface area contributed by atoms with E-state index in [4.69, 9.17) is 9.47 Å². The number of carbonyl (C=O) groups excluding carboxylic acids is 1. The second-order valence-corrected chi connectivity index (χ2v) is 6.22. The van der Waals surface area contributed by atoms with E-state index in [1.54, 1.807) is 0 Å². The molecule has 1 aromatic rings. The molecule has 3 rings (SSSR count). The Hall–Kier alpha value is -1.75. The summed E-state index contributed by atoms with van der Waals surface area (Å²) in [4.78, 5) is 14.8. The maximum absolute atomic E-state index is 12.9. The van der Waals surface area contributed by atoms with Crippen LogP contribution in [0.3, 0.4) is 0 Å². The van der Waals surface area contributed by atoms with Crippen LogP contribution in [0.2, 0.25) is 0 Å². The minimum atomic E-state index is -0.426. The summed E-state index contributed by atoms with van der Waals surface area (Å²) in [6, 6.07) is 5.88. The molecule has 2 aliphatic heterocycles. The van der Waals surface area contributed by atoms with Crippen LogP contribution in [-0.2, 0) is 11.3 Å². The van der Waals surface area contributed by atoms with E-state index < -0.39 is 5.54 Å². The summed E-state index contributed by atoms with van der Waals surface area (Å²) in [6.07, 6.45) is 3.16. The van der Waals surface area contributed by atoms with Crippen LogP contribution in [0.4, 0.5) is 0 Å². The molecule has 0 radical (unpaired) electrons. The number of hydrogen-bond acceptors (Lipinski definition) is 4. The maximum atomic E-state index is 12.9. The van der Waals surface area contributed by atoms with Gasteiger partial charge in [0.25, 0.3) is 0 Å². The minimum Gasteiger partial charge on any atom is -0.454 e. The molecule has 0 aliphatic carbocycles. The average molecular weight is 304 g/mol. The number of likely N-dealkylation sites (N-methyl/N-ethyl adjacent to an activating group) is 1. The Morgan fingerprint density at radius 2 is 2.14 bits per heavy atom. The van der Waals surface area contributed by atoms with Gasteiger partial charge in [-0.1, -0.05) is 6.07 Å². The third-order valence-corrected chi connectivity index (χ3v) is 4.57. The lowest BCUT2D eigenvalue weighted by Crippen LogP contribution is -2.57. The summed E-state index contributed by atoms with van der Waals surface area (Å²) in [5.74, 6) is 1.73. The first-order valence-corrected chi connectivity index (χ1v) is 8.05. The molecular weight excluding hydrogens is 280 g/mol. The van der Waals surface area contributed by atoms with Crippen molar-refractivity contribution in [2.75, 3.05) is 19.9 Å². The molecular formula is C17H24N2O3. The second-order valence-electron chi connectivity index (χ2n) is 6.22. The van der Waals surface area contributed by atoms with E-state index in [0.29, 0.717) is 13.1 Å². The third kappa shape index (κ3) is 2.90. The van der Waals surface area contributed by atoms with Gasteiger partial charge < -0.3 is 19.7 Å². The topological polar surface area (TPSA) is 50.8 Å². The molecule has 0 saturated carbocycles. The molecule has 2 heterocycles. The van der Waals surface area contributed by atoms with Crippen molar-refractivity contribution < 1.29 is 14.3 Å². The molecule has 1 fully saturated rings. The number of hydrogen-bond donors (Lipinski definition) is 1. The normalized spacial score (nSPS) is 23.4. The Morgan fingerprint density at radius 3 is 2.86 bits per heavy atom. The van der Waals surface area contributed by atoms with Crippen molar-refractivity contribution in [2.45, 2.75) is 45.2 Å². The number of piperidine rings is 1. The van der Waals surface area contributed by atoms with Gasteiger partial charge in [-0.25, -0.2) is 0 Å². The maximum Gasteiger partial charge on any atom is 0.242 e. The second kappa shape index (κ2) is 6.16. The van der Waals surface area contributed by atoms with Crippen LogP contribution >= 0.6 is 0 Å². The van der Waals surface area contributed by atoms with E-state index in [1.165, 1.54) is 0 Å². The number of amides is 1. The number of ether oxygens (including phenoxy) is 2. The van der Waals surface area contributed by atoms with Crippen LogP contribution < -0.4 is 14.8 Å². The third-order valence-electron chi connectivity index (χ3n) is 4.57. The standard InChI is InChI=1S/C17H24N2O3/c1-3-19(16(20)17(2)8-4-5-9-18-17)11-13-6-7-14-15(10-13)22-12-21-14/h6-7,10,18H,3-5,8-9,11-12H2,1-2H3. The van der Waals surface area contributed by atoms with Gasteiger partial charge in [-0.2, -0.15) is 0 Å². The van der Waals surface area contributed by atoms with Gasteiger partial charge in [0.2, 0.25) is 12.7 Å². The fraction of sp³-hybridized carbons (Fsp3) is 0.588. The van der Waals surface area contributed by atoms with Crippen LogP contribution in [0.1, 0.15) is 38.7 Å². The highest BCUT2D eigenvalue weighted by Crippen LogP contribution is 2.33. The van der Waals surface area contributed by atoms with E-state index in [0.717, 1.165) is 42.9 Å². The number of fused-ring (bicyclic) bond motifs is 1. The Bertz CT molecular complexity index is 553. The number of nitrogens with one attached hydrogen (secondary N) is 1. The number of carbonyl (C=O) groups is 1. The predicted octanol–water partition coefficient (Wildman–Crippen LogP) is 2.30. The molecule has 5 heteroatoms. The Labute approximate surface area is 131 Å².